The van der Waals surface area contributed by atoms with Crippen molar-refractivity contribution >= 4 is 17.8 Å². The zero-order valence-corrected chi connectivity index (χ0v) is 12.9. The Bertz CT molecular complexity index is 404. The van der Waals surface area contributed by atoms with Crippen LogP contribution in [0, 0.1) is 5.92 Å². The van der Waals surface area contributed by atoms with Crippen molar-refractivity contribution in [3.8, 4) is 0 Å². The second-order valence-corrected chi connectivity index (χ2v) is 6.34. The molecule has 1 aliphatic heterocycles. The summed E-state index contributed by atoms with van der Waals surface area (Å²) in [7, 11) is 0. The van der Waals surface area contributed by atoms with Gasteiger partial charge in [0.2, 0.25) is 5.91 Å². The molecule has 4 amide bonds. The smallest absolute Gasteiger partial charge is 0.325 e. The van der Waals surface area contributed by atoms with E-state index in [0.29, 0.717) is 12.3 Å². The van der Waals surface area contributed by atoms with Crippen molar-refractivity contribution in [1.29, 1.82) is 0 Å². The average Bonchev–Trinajstić information content (AvgIpc) is 2.55. The average molecular weight is 283 g/mol. The number of hydrogen-bond acceptors (Lipinski definition) is 3. The maximum absolute atomic E-state index is 12.1. The summed E-state index contributed by atoms with van der Waals surface area (Å²) < 4.78 is 0. The van der Waals surface area contributed by atoms with E-state index in [1.165, 1.54) is 0 Å². The third-order valence-electron chi connectivity index (χ3n) is 3.48. The van der Waals surface area contributed by atoms with E-state index in [9.17, 15) is 14.4 Å². The van der Waals surface area contributed by atoms with Gasteiger partial charge in [-0.05, 0) is 32.6 Å². The lowest BCUT2D eigenvalue weighted by Crippen LogP contribution is -2.48. The molecule has 0 aromatic heterocycles. The Labute approximate surface area is 120 Å². The largest absolute Gasteiger partial charge is 0.350 e. The first kappa shape index (κ1) is 16.5. The number of imide groups is 1. The van der Waals surface area contributed by atoms with Crippen molar-refractivity contribution < 1.29 is 14.4 Å². The molecule has 1 saturated heterocycles. The molecule has 1 heterocycles. The van der Waals surface area contributed by atoms with Crippen LogP contribution >= 0.6 is 0 Å². The van der Waals surface area contributed by atoms with Crippen LogP contribution in [0.2, 0.25) is 0 Å². The van der Waals surface area contributed by atoms with Gasteiger partial charge in [-0.15, -0.1) is 0 Å². The van der Waals surface area contributed by atoms with Gasteiger partial charge in [0.15, 0.2) is 0 Å². The van der Waals surface area contributed by atoms with Crippen molar-refractivity contribution in [1.82, 2.24) is 15.5 Å². The molecule has 1 fully saturated rings. The van der Waals surface area contributed by atoms with E-state index in [1.807, 2.05) is 34.6 Å². The highest BCUT2D eigenvalue weighted by molar-refractivity contribution is 6.06. The molecule has 0 radical (unpaired) electrons. The molecule has 6 heteroatoms. The summed E-state index contributed by atoms with van der Waals surface area (Å²) >= 11 is 0. The van der Waals surface area contributed by atoms with E-state index in [1.54, 1.807) is 0 Å². The number of urea groups is 1. The molecule has 0 aliphatic carbocycles. The molecule has 1 unspecified atom stereocenters. The summed E-state index contributed by atoms with van der Waals surface area (Å²) in [6.45, 7) is 9.52. The Balaban J connectivity index is 2.62. The highest BCUT2D eigenvalue weighted by Crippen LogP contribution is 2.14. The fourth-order valence-corrected chi connectivity index (χ4v) is 2.01. The van der Waals surface area contributed by atoms with Crippen molar-refractivity contribution in [2.75, 3.05) is 6.54 Å². The molecule has 0 bridgehead atoms. The molecular formula is C14H25N3O3. The highest BCUT2D eigenvalue weighted by Gasteiger charge is 2.39. The number of nitrogens with one attached hydrogen (secondary N) is 2. The van der Waals surface area contributed by atoms with Crippen molar-refractivity contribution in [3.05, 3.63) is 0 Å². The molecule has 1 rings (SSSR count). The quantitative estimate of drug-likeness (QED) is 0.720. The maximum atomic E-state index is 12.1. The van der Waals surface area contributed by atoms with Gasteiger partial charge in [0, 0.05) is 5.54 Å². The minimum atomic E-state index is -0.505. The molecule has 114 valence electrons. The molecule has 2 N–H and O–H groups in total. The standard InChI is InChI=1S/C14H25N3O3/c1-6-14(4,5)16-11(18)8-17-12(19)10(7-9(2)3)15-13(17)20/h9-10H,6-8H2,1-5H3,(H,15,20)(H,16,18). The highest BCUT2D eigenvalue weighted by atomic mass is 16.2. The first-order chi connectivity index (χ1) is 9.16. The van der Waals surface area contributed by atoms with Crippen LogP contribution in [0.1, 0.15) is 47.5 Å². The van der Waals surface area contributed by atoms with Crippen molar-refractivity contribution in [2.24, 2.45) is 5.92 Å². The van der Waals surface area contributed by atoms with Crippen LogP contribution in [0.3, 0.4) is 0 Å². The molecule has 20 heavy (non-hydrogen) atoms. The summed E-state index contributed by atoms with van der Waals surface area (Å²) in [6, 6.07) is -0.986. The van der Waals surface area contributed by atoms with Gasteiger partial charge in [-0.25, -0.2) is 4.79 Å². The Hall–Kier alpha value is -1.59. The predicted molar refractivity (Wildman–Crippen MR) is 76.0 cm³/mol. The fourth-order valence-electron chi connectivity index (χ4n) is 2.01. The molecule has 0 aromatic rings. The molecule has 6 nitrogen and oxygen atoms in total. The molecule has 0 aromatic carbocycles. The van der Waals surface area contributed by atoms with Gasteiger partial charge in [-0.2, -0.15) is 0 Å². The first-order valence-electron chi connectivity index (χ1n) is 7.09. The Morgan fingerprint density at radius 1 is 1.40 bits per heavy atom. The molecule has 1 aliphatic rings. The van der Waals surface area contributed by atoms with Gasteiger partial charge in [-0.3, -0.25) is 14.5 Å². The lowest BCUT2D eigenvalue weighted by atomic mass is 10.0. The normalized spacial score (nSPS) is 19.5. The minimum absolute atomic E-state index is 0.220. The lowest BCUT2D eigenvalue weighted by molar-refractivity contribution is -0.133. The van der Waals surface area contributed by atoms with Gasteiger partial charge < -0.3 is 10.6 Å². The second kappa shape index (κ2) is 6.24. The molecule has 0 spiro atoms. The molecular weight excluding hydrogens is 258 g/mol. The van der Waals surface area contributed by atoms with Crippen LogP contribution in [-0.2, 0) is 9.59 Å². The zero-order valence-electron chi connectivity index (χ0n) is 12.9. The van der Waals surface area contributed by atoms with Crippen molar-refractivity contribution in [3.63, 3.8) is 0 Å². The fraction of sp³-hybridized carbons (Fsp3) is 0.786. The summed E-state index contributed by atoms with van der Waals surface area (Å²) in [5, 5.41) is 5.44. The van der Waals surface area contributed by atoms with E-state index >= 15 is 0 Å². The summed E-state index contributed by atoms with van der Waals surface area (Å²) in [5.74, 6) is -0.323. The third kappa shape index (κ3) is 4.21. The van der Waals surface area contributed by atoms with Gasteiger partial charge in [0.1, 0.15) is 12.6 Å². The topological polar surface area (TPSA) is 78.5 Å². The van der Waals surface area contributed by atoms with Crippen LogP contribution in [0.25, 0.3) is 0 Å². The van der Waals surface area contributed by atoms with Crippen LogP contribution in [0.5, 0.6) is 0 Å². The predicted octanol–water partition coefficient (Wildman–Crippen LogP) is 1.26. The van der Waals surface area contributed by atoms with Gasteiger partial charge >= 0.3 is 6.03 Å². The van der Waals surface area contributed by atoms with Crippen LogP contribution in [-0.4, -0.2) is 40.9 Å². The van der Waals surface area contributed by atoms with Crippen LogP contribution in [0.4, 0.5) is 4.79 Å². The molecule has 0 saturated carbocycles. The number of nitrogens with zero attached hydrogens (tertiary/aromatic N) is 1. The molecule has 1 atom stereocenters. The first-order valence-corrected chi connectivity index (χ1v) is 7.09. The number of carbonyl (C=O) groups excluding carboxylic acids is 3. The lowest BCUT2D eigenvalue weighted by Gasteiger charge is -2.25. The third-order valence-corrected chi connectivity index (χ3v) is 3.48. The van der Waals surface area contributed by atoms with Gasteiger partial charge in [0.25, 0.3) is 5.91 Å². The Morgan fingerprint density at radius 2 is 2.00 bits per heavy atom. The maximum Gasteiger partial charge on any atom is 0.325 e. The second-order valence-electron chi connectivity index (χ2n) is 6.34. The van der Waals surface area contributed by atoms with Gasteiger partial charge in [-0.1, -0.05) is 20.8 Å². The van der Waals surface area contributed by atoms with Crippen LogP contribution in [0.15, 0.2) is 0 Å². The zero-order chi connectivity index (χ0) is 15.5. The van der Waals surface area contributed by atoms with E-state index < -0.39 is 12.1 Å². The van der Waals surface area contributed by atoms with E-state index in [2.05, 4.69) is 10.6 Å². The van der Waals surface area contributed by atoms with E-state index in [0.717, 1.165) is 11.3 Å². The summed E-state index contributed by atoms with van der Waals surface area (Å²) in [5.41, 5.74) is -0.340. The van der Waals surface area contributed by atoms with E-state index in [-0.39, 0.29) is 23.9 Å². The Kier molecular flexibility index (Phi) is 5.14. The van der Waals surface area contributed by atoms with Gasteiger partial charge in [0.05, 0.1) is 0 Å². The number of amides is 4. The SMILES string of the molecule is CCC(C)(C)NC(=O)CN1C(=O)NC(CC(C)C)C1=O. The minimum Gasteiger partial charge on any atom is -0.350 e. The summed E-state index contributed by atoms with van der Waals surface area (Å²) in [6.07, 6.45) is 1.36. The number of rotatable bonds is 6. The monoisotopic (exact) mass is 283 g/mol. The number of hydrogen-bond donors (Lipinski definition) is 2. The Morgan fingerprint density at radius 3 is 2.50 bits per heavy atom. The summed E-state index contributed by atoms with van der Waals surface area (Å²) in [4.78, 5) is 36.7. The van der Waals surface area contributed by atoms with E-state index in [4.69, 9.17) is 0 Å². The number of carbonyl (C=O) groups is 3. The van der Waals surface area contributed by atoms with Crippen LogP contribution < -0.4 is 10.6 Å². The van der Waals surface area contributed by atoms with Crippen molar-refractivity contribution in [2.45, 2.75) is 59.0 Å².